The highest BCUT2D eigenvalue weighted by atomic mass is 16.5. The zero-order chi connectivity index (χ0) is 18.9. The number of likely N-dealkylation sites (tertiary alicyclic amines) is 1. The molecule has 0 bridgehead atoms. The van der Waals surface area contributed by atoms with Crippen LogP contribution in [-0.4, -0.2) is 43.5 Å². The molecular weight excluding hydrogens is 340 g/mol. The zero-order valence-corrected chi connectivity index (χ0v) is 15.4. The minimum atomic E-state index is -0.317. The van der Waals surface area contributed by atoms with E-state index in [1.54, 1.807) is 0 Å². The van der Waals surface area contributed by atoms with Crippen LogP contribution in [0.25, 0.3) is 0 Å². The standard InChI is InChI=1S/C22H26N2O3/c25-17-27-16-21(19-9-5-2-6-10-19)23-22(26)20-12-14-24(15-20)13-11-18-7-3-1-4-8-18/h1-10,17,20-21H,11-16H2,(H,23,26)/t20-,21-/m1/s1. The van der Waals surface area contributed by atoms with Gasteiger partial charge in [-0.3, -0.25) is 9.59 Å². The van der Waals surface area contributed by atoms with Crippen LogP contribution < -0.4 is 5.32 Å². The molecule has 1 heterocycles. The summed E-state index contributed by atoms with van der Waals surface area (Å²) < 4.78 is 4.92. The van der Waals surface area contributed by atoms with Crippen LogP contribution in [0.15, 0.2) is 60.7 Å². The fraction of sp³-hybridized carbons (Fsp3) is 0.364. The van der Waals surface area contributed by atoms with E-state index in [4.69, 9.17) is 4.74 Å². The van der Waals surface area contributed by atoms with E-state index < -0.39 is 0 Å². The first-order chi connectivity index (χ1) is 13.3. The summed E-state index contributed by atoms with van der Waals surface area (Å²) in [4.78, 5) is 25.6. The third kappa shape index (κ3) is 5.66. The largest absolute Gasteiger partial charge is 0.465 e. The number of rotatable bonds is 9. The topological polar surface area (TPSA) is 58.6 Å². The normalized spacial score (nSPS) is 18.0. The summed E-state index contributed by atoms with van der Waals surface area (Å²) in [6, 6.07) is 19.7. The van der Waals surface area contributed by atoms with Crippen molar-refractivity contribution in [1.29, 1.82) is 0 Å². The van der Waals surface area contributed by atoms with E-state index in [1.807, 2.05) is 36.4 Å². The van der Waals surface area contributed by atoms with Gasteiger partial charge in [-0.2, -0.15) is 0 Å². The molecule has 1 N–H and O–H groups in total. The van der Waals surface area contributed by atoms with Gasteiger partial charge in [0.05, 0.1) is 12.0 Å². The van der Waals surface area contributed by atoms with E-state index in [1.165, 1.54) is 5.56 Å². The van der Waals surface area contributed by atoms with Gasteiger partial charge in [-0.15, -0.1) is 0 Å². The van der Waals surface area contributed by atoms with Crippen molar-refractivity contribution in [1.82, 2.24) is 10.2 Å². The lowest BCUT2D eigenvalue weighted by Gasteiger charge is -2.21. The van der Waals surface area contributed by atoms with E-state index in [-0.39, 0.29) is 24.5 Å². The van der Waals surface area contributed by atoms with Gasteiger partial charge in [0.1, 0.15) is 6.61 Å². The molecule has 27 heavy (non-hydrogen) atoms. The maximum absolute atomic E-state index is 12.7. The van der Waals surface area contributed by atoms with E-state index in [0.717, 1.165) is 38.0 Å². The van der Waals surface area contributed by atoms with Crippen LogP contribution >= 0.6 is 0 Å². The van der Waals surface area contributed by atoms with Crippen molar-refractivity contribution in [3.05, 3.63) is 71.8 Å². The maximum atomic E-state index is 12.7. The predicted octanol–water partition coefficient (Wildman–Crippen LogP) is 2.58. The van der Waals surface area contributed by atoms with Crippen LogP contribution in [0.3, 0.4) is 0 Å². The number of amides is 1. The molecule has 142 valence electrons. The Bertz CT molecular complexity index is 721. The average molecular weight is 366 g/mol. The third-order valence-electron chi connectivity index (χ3n) is 5.05. The first-order valence-corrected chi connectivity index (χ1v) is 9.43. The number of nitrogens with one attached hydrogen (secondary N) is 1. The highest BCUT2D eigenvalue weighted by Crippen LogP contribution is 2.20. The Labute approximate surface area is 160 Å². The summed E-state index contributed by atoms with van der Waals surface area (Å²) in [7, 11) is 0. The first-order valence-electron chi connectivity index (χ1n) is 9.43. The Balaban J connectivity index is 1.51. The predicted molar refractivity (Wildman–Crippen MR) is 104 cm³/mol. The summed E-state index contributed by atoms with van der Waals surface area (Å²) in [5.74, 6) is 0.00350. The van der Waals surface area contributed by atoms with E-state index in [0.29, 0.717) is 6.47 Å². The van der Waals surface area contributed by atoms with Gasteiger partial charge in [-0.25, -0.2) is 0 Å². The number of carbonyl (C=O) groups excluding carboxylic acids is 2. The van der Waals surface area contributed by atoms with Gasteiger partial charge in [0.25, 0.3) is 6.47 Å². The molecule has 2 aromatic carbocycles. The Kier molecular flexibility index (Phi) is 6.99. The van der Waals surface area contributed by atoms with Gasteiger partial charge in [0, 0.05) is 13.1 Å². The van der Waals surface area contributed by atoms with Crippen molar-refractivity contribution in [2.24, 2.45) is 5.92 Å². The molecule has 1 fully saturated rings. The SMILES string of the molecule is O=COC[C@@H](NC(=O)[C@@H]1CCN(CCc2ccccc2)C1)c1ccccc1. The van der Waals surface area contributed by atoms with Crippen LogP contribution in [0.4, 0.5) is 0 Å². The molecule has 1 aliphatic heterocycles. The molecule has 0 radical (unpaired) electrons. The molecule has 0 aromatic heterocycles. The zero-order valence-electron chi connectivity index (χ0n) is 15.4. The fourth-order valence-electron chi connectivity index (χ4n) is 3.51. The number of benzene rings is 2. The fourth-order valence-corrected chi connectivity index (χ4v) is 3.51. The highest BCUT2D eigenvalue weighted by Gasteiger charge is 2.29. The lowest BCUT2D eigenvalue weighted by molar-refractivity contribution is -0.132. The van der Waals surface area contributed by atoms with Crippen molar-refractivity contribution in [2.45, 2.75) is 18.9 Å². The third-order valence-corrected chi connectivity index (χ3v) is 5.05. The molecule has 5 heteroatoms. The summed E-state index contributed by atoms with van der Waals surface area (Å²) in [5, 5.41) is 3.05. The average Bonchev–Trinajstić information content (AvgIpc) is 3.20. The molecule has 1 amide bonds. The van der Waals surface area contributed by atoms with Crippen LogP contribution in [-0.2, 0) is 20.7 Å². The summed E-state index contributed by atoms with van der Waals surface area (Å²) in [5.41, 5.74) is 2.26. The van der Waals surface area contributed by atoms with Gasteiger partial charge in [0.2, 0.25) is 5.91 Å². The van der Waals surface area contributed by atoms with Crippen molar-refractivity contribution in [3.63, 3.8) is 0 Å². The molecule has 3 rings (SSSR count). The van der Waals surface area contributed by atoms with Gasteiger partial charge in [-0.1, -0.05) is 60.7 Å². The monoisotopic (exact) mass is 366 g/mol. The Morgan fingerprint density at radius 2 is 1.85 bits per heavy atom. The quantitative estimate of drug-likeness (QED) is 0.693. The van der Waals surface area contributed by atoms with E-state index >= 15 is 0 Å². The van der Waals surface area contributed by atoms with Gasteiger partial charge in [-0.05, 0) is 30.5 Å². The molecule has 0 aliphatic carbocycles. The number of ether oxygens (including phenoxy) is 1. The van der Waals surface area contributed by atoms with Gasteiger partial charge < -0.3 is 15.0 Å². The molecule has 0 saturated carbocycles. The molecule has 0 unspecified atom stereocenters. The Morgan fingerprint density at radius 3 is 2.56 bits per heavy atom. The number of hydrogen-bond acceptors (Lipinski definition) is 4. The van der Waals surface area contributed by atoms with Crippen molar-refractivity contribution in [2.75, 3.05) is 26.2 Å². The lowest BCUT2D eigenvalue weighted by atomic mass is 10.0. The maximum Gasteiger partial charge on any atom is 0.293 e. The molecule has 1 aliphatic rings. The molecule has 1 saturated heterocycles. The summed E-state index contributed by atoms with van der Waals surface area (Å²) in [6.07, 6.45) is 1.85. The Morgan fingerprint density at radius 1 is 1.15 bits per heavy atom. The van der Waals surface area contributed by atoms with Crippen molar-refractivity contribution < 1.29 is 14.3 Å². The second kappa shape index (κ2) is 9.88. The lowest BCUT2D eigenvalue weighted by Crippen LogP contribution is -2.37. The number of carbonyl (C=O) groups is 2. The Hall–Kier alpha value is -2.66. The summed E-state index contributed by atoms with van der Waals surface area (Å²) in [6.45, 7) is 3.23. The van der Waals surface area contributed by atoms with E-state index in [9.17, 15) is 9.59 Å². The molecular formula is C22H26N2O3. The first kappa shape index (κ1) is 19.1. The molecule has 0 spiro atoms. The van der Waals surface area contributed by atoms with Crippen LogP contribution in [0.1, 0.15) is 23.6 Å². The second-order valence-electron chi connectivity index (χ2n) is 6.92. The van der Waals surface area contributed by atoms with Crippen LogP contribution in [0.2, 0.25) is 0 Å². The van der Waals surface area contributed by atoms with Gasteiger partial charge in [0.15, 0.2) is 0 Å². The minimum absolute atomic E-state index is 0.0248. The summed E-state index contributed by atoms with van der Waals surface area (Å²) >= 11 is 0. The van der Waals surface area contributed by atoms with Crippen LogP contribution in [0, 0.1) is 5.92 Å². The molecule has 2 atom stereocenters. The number of hydrogen-bond donors (Lipinski definition) is 1. The smallest absolute Gasteiger partial charge is 0.293 e. The van der Waals surface area contributed by atoms with Gasteiger partial charge >= 0.3 is 0 Å². The molecule has 2 aromatic rings. The molecule has 5 nitrogen and oxygen atoms in total. The number of nitrogens with zero attached hydrogens (tertiary/aromatic N) is 1. The van der Waals surface area contributed by atoms with E-state index in [2.05, 4.69) is 34.5 Å². The van der Waals surface area contributed by atoms with Crippen LogP contribution in [0.5, 0.6) is 0 Å². The highest BCUT2D eigenvalue weighted by molar-refractivity contribution is 5.79. The van der Waals surface area contributed by atoms with Crippen molar-refractivity contribution in [3.8, 4) is 0 Å². The minimum Gasteiger partial charge on any atom is -0.465 e. The van der Waals surface area contributed by atoms with Crippen molar-refractivity contribution >= 4 is 12.4 Å². The second-order valence-corrected chi connectivity index (χ2v) is 6.92.